The third kappa shape index (κ3) is 5.24. The van der Waals surface area contributed by atoms with Crippen molar-refractivity contribution in [2.75, 3.05) is 20.4 Å². The van der Waals surface area contributed by atoms with E-state index in [0.29, 0.717) is 22.6 Å². The molecule has 3 aliphatic rings. The van der Waals surface area contributed by atoms with E-state index in [-0.39, 0.29) is 24.0 Å². The van der Waals surface area contributed by atoms with E-state index in [0.717, 1.165) is 5.56 Å². The number of morpholine rings is 1. The summed E-state index contributed by atoms with van der Waals surface area (Å²) in [4.78, 5) is 34.7. The van der Waals surface area contributed by atoms with Crippen LogP contribution in [0.2, 0.25) is 5.15 Å². The van der Waals surface area contributed by atoms with Gasteiger partial charge < -0.3 is 14.8 Å². The van der Waals surface area contributed by atoms with Crippen LogP contribution in [0.5, 0.6) is 0 Å². The number of fused-ring (bicyclic) bond motifs is 2. The predicted molar refractivity (Wildman–Crippen MR) is 183 cm³/mol. The smallest absolute Gasteiger partial charge is 0.324 e. The first-order valence-corrected chi connectivity index (χ1v) is 16.7. The van der Waals surface area contributed by atoms with Crippen molar-refractivity contribution >= 4 is 35.5 Å². The number of esters is 1. The van der Waals surface area contributed by atoms with E-state index in [1.54, 1.807) is 26.1 Å². The van der Waals surface area contributed by atoms with E-state index in [9.17, 15) is 18.4 Å². The summed E-state index contributed by atoms with van der Waals surface area (Å²) >= 11 is 12.7. The molecule has 49 heavy (non-hydrogen) atoms. The minimum absolute atomic E-state index is 0.0763. The summed E-state index contributed by atoms with van der Waals surface area (Å²) in [6.07, 6.45) is 3.92. The van der Waals surface area contributed by atoms with E-state index in [2.05, 4.69) is 16.9 Å². The number of pyridine rings is 1. The van der Waals surface area contributed by atoms with Crippen molar-refractivity contribution in [1.82, 2.24) is 15.2 Å². The van der Waals surface area contributed by atoms with Gasteiger partial charge in [-0.15, -0.1) is 0 Å². The molecule has 6 nitrogen and oxygen atoms in total. The van der Waals surface area contributed by atoms with Gasteiger partial charge in [0.2, 0.25) is 0 Å². The Morgan fingerprint density at radius 2 is 1.67 bits per heavy atom. The molecule has 11 heteroatoms. The van der Waals surface area contributed by atoms with Crippen molar-refractivity contribution in [2.24, 2.45) is 10.8 Å². The Kier molecular flexibility index (Phi) is 9.56. The molecule has 1 saturated carbocycles. The number of carbonyl (C=O) groups is 2. The average molecular weight is 711 g/mol. The zero-order valence-electron chi connectivity index (χ0n) is 27.0. The summed E-state index contributed by atoms with van der Waals surface area (Å²) in [5.41, 5.74) is -2.98. The number of hydrogen-bond acceptors (Lipinski definition) is 6. The lowest BCUT2D eigenvalue weighted by Gasteiger charge is -2.64. The second kappa shape index (κ2) is 13.4. The summed E-state index contributed by atoms with van der Waals surface area (Å²) in [5.74, 6) is -2.97. The molecule has 1 spiro atoms. The Labute approximate surface area is 293 Å². The van der Waals surface area contributed by atoms with Crippen LogP contribution in [0.15, 0.2) is 108 Å². The number of halogens is 5. The third-order valence-corrected chi connectivity index (χ3v) is 11.3. The standard InChI is InChI=1S/C38H36Cl2F3N3O3/c1-4-26(39)17-28(44-3)23(2)38(22-47)29(27-15-16-45-34(40)30(27)43)32-35(48)49-33(25-13-9-6-10-14-25)31(24-11-7-5-8-12-24)46(32)37(38)18-36(19-37,20-41)21-42/h4-17,22,29,31-33,44H,2,18-21H2,1,3H3/b26-4+,28-17+/t29-,31+,32+,33-,38-/m0/s1. The highest BCUT2D eigenvalue weighted by atomic mass is 35.5. The third-order valence-electron chi connectivity index (χ3n) is 10.7. The quantitative estimate of drug-likeness (QED) is 0.0993. The molecule has 2 aliphatic heterocycles. The molecule has 1 aliphatic carbocycles. The topological polar surface area (TPSA) is 71.5 Å². The first kappa shape index (κ1) is 34.9. The number of nitrogens with one attached hydrogen (secondary N) is 1. The average Bonchev–Trinajstić information content (AvgIpc) is 3.38. The van der Waals surface area contributed by atoms with Crippen LogP contribution >= 0.6 is 23.2 Å². The number of aldehydes is 1. The molecule has 0 bridgehead atoms. The van der Waals surface area contributed by atoms with Crippen LogP contribution in [0.3, 0.4) is 0 Å². The molecule has 0 radical (unpaired) electrons. The number of rotatable bonds is 10. The SMILES string of the molecule is C=C(/C(=C\C(Cl)=C/C)NC)[C@@]1(C=O)[C@@H](c2ccnc(Cl)c2F)[C@@H]2C(=O)O[C@@H](c3ccccc3)[C@@H](c3ccccc3)N2C12CC(CF)(CF)C2. The van der Waals surface area contributed by atoms with Crippen LogP contribution in [0.1, 0.15) is 54.5 Å². The predicted octanol–water partition coefficient (Wildman–Crippen LogP) is 8.13. The lowest BCUT2D eigenvalue weighted by Crippen LogP contribution is -2.71. The Morgan fingerprint density at radius 1 is 1.06 bits per heavy atom. The van der Waals surface area contributed by atoms with Crippen LogP contribution in [-0.4, -0.2) is 54.1 Å². The highest BCUT2D eigenvalue weighted by Crippen LogP contribution is 2.74. The normalized spacial score (nSPS) is 27.6. The van der Waals surface area contributed by atoms with Crippen LogP contribution in [0, 0.1) is 16.6 Å². The van der Waals surface area contributed by atoms with Crippen molar-refractivity contribution in [3.63, 3.8) is 0 Å². The highest BCUT2D eigenvalue weighted by molar-refractivity contribution is 6.31. The molecule has 6 rings (SSSR count). The lowest BCUT2D eigenvalue weighted by atomic mass is 9.45. The van der Waals surface area contributed by atoms with Crippen molar-refractivity contribution in [1.29, 1.82) is 0 Å². The summed E-state index contributed by atoms with van der Waals surface area (Å²) in [5, 5.41) is 2.92. The van der Waals surface area contributed by atoms with Gasteiger partial charge in [0.25, 0.3) is 0 Å². The number of carbonyl (C=O) groups excluding carboxylic acids is 2. The van der Waals surface area contributed by atoms with Crippen LogP contribution in [0.4, 0.5) is 13.2 Å². The fraction of sp³-hybridized carbons (Fsp3) is 0.342. The highest BCUT2D eigenvalue weighted by Gasteiger charge is 2.80. The first-order chi connectivity index (χ1) is 23.6. The molecular formula is C38H36Cl2F3N3O3. The lowest BCUT2D eigenvalue weighted by molar-refractivity contribution is -0.202. The molecule has 256 valence electrons. The summed E-state index contributed by atoms with van der Waals surface area (Å²) in [6, 6.07) is 17.7. The van der Waals surface area contributed by atoms with Gasteiger partial charge in [-0.3, -0.25) is 18.5 Å². The second-order valence-electron chi connectivity index (χ2n) is 13.1. The van der Waals surface area contributed by atoms with Crippen molar-refractivity contribution in [3.8, 4) is 0 Å². The molecule has 3 heterocycles. The number of nitrogens with zero attached hydrogens (tertiary/aromatic N) is 2. The monoisotopic (exact) mass is 709 g/mol. The molecule has 2 aromatic carbocycles. The van der Waals surface area contributed by atoms with E-state index in [1.165, 1.54) is 12.3 Å². The molecule has 3 fully saturated rings. The number of cyclic esters (lactones) is 1. The van der Waals surface area contributed by atoms with Crippen LogP contribution in [0.25, 0.3) is 0 Å². The van der Waals surface area contributed by atoms with Gasteiger partial charge >= 0.3 is 5.97 Å². The Balaban J connectivity index is 1.73. The first-order valence-electron chi connectivity index (χ1n) is 16.0. The van der Waals surface area contributed by atoms with Crippen molar-refractivity contribution in [2.45, 2.75) is 49.4 Å². The van der Waals surface area contributed by atoms with E-state index in [4.69, 9.17) is 27.9 Å². The molecule has 5 atom stereocenters. The zero-order chi connectivity index (χ0) is 35.1. The number of benzene rings is 2. The fourth-order valence-electron chi connectivity index (χ4n) is 8.60. The Hall–Kier alpha value is -3.92. The van der Waals surface area contributed by atoms with E-state index < -0.39 is 70.8 Å². The maximum atomic E-state index is 16.4. The van der Waals surface area contributed by atoms with Gasteiger partial charge in [-0.1, -0.05) is 96.5 Å². The van der Waals surface area contributed by atoms with E-state index >= 15 is 4.39 Å². The number of alkyl halides is 2. The second-order valence-corrected chi connectivity index (χ2v) is 13.9. The van der Waals surface area contributed by atoms with Crippen molar-refractivity contribution in [3.05, 3.63) is 136 Å². The minimum Gasteiger partial charge on any atom is -0.454 e. The maximum absolute atomic E-state index is 16.4. The number of hydrogen-bond donors (Lipinski definition) is 1. The largest absolute Gasteiger partial charge is 0.454 e. The van der Waals surface area contributed by atoms with E-state index in [1.807, 2.05) is 65.6 Å². The van der Waals surface area contributed by atoms with Crippen LogP contribution < -0.4 is 5.32 Å². The summed E-state index contributed by atoms with van der Waals surface area (Å²) in [6.45, 7) is 4.13. The Bertz CT molecular complexity index is 1810. The van der Waals surface area contributed by atoms with Gasteiger partial charge in [0.05, 0.1) is 24.8 Å². The van der Waals surface area contributed by atoms with Gasteiger partial charge in [0.15, 0.2) is 11.0 Å². The molecule has 2 saturated heterocycles. The number of ether oxygens (including phenoxy) is 1. The van der Waals surface area contributed by atoms with Crippen molar-refractivity contribution < 1.29 is 27.5 Å². The van der Waals surface area contributed by atoms with Gasteiger partial charge in [0, 0.05) is 40.8 Å². The summed E-state index contributed by atoms with van der Waals surface area (Å²) in [7, 11) is 1.61. The molecule has 1 aromatic heterocycles. The fourth-order valence-corrected chi connectivity index (χ4v) is 8.88. The molecule has 0 unspecified atom stereocenters. The summed E-state index contributed by atoms with van der Waals surface area (Å²) < 4.78 is 52.5. The molecular weight excluding hydrogens is 674 g/mol. The van der Waals surface area contributed by atoms with Gasteiger partial charge in [-0.2, -0.15) is 0 Å². The number of allylic oxidation sites excluding steroid dienone is 4. The zero-order valence-corrected chi connectivity index (χ0v) is 28.5. The number of likely N-dealkylation sites (N-methyl/N-ethyl adjacent to an activating group) is 1. The van der Waals surface area contributed by atoms with Gasteiger partial charge in [0.1, 0.15) is 18.4 Å². The van der Waals surface area contributed by atoms with Gasteiger partial charge in [-0.05, 0) is 54.2 Å². The minimum atomic E-state index is -1.87. The van der Waals surface area contributed by atoms with Crippen LogP contribution in [-0.2, 0) is 14.3 Å². The Morgan fingerprint density at radius 3 is 2.22 bits per heavy atom. The number of aromatic nitrogens is 1. The molecule has 1 N–H and O–H groups in total. The molecule has 3 aromatic rings. The maximum Gasteiger partial charge on any atom is 0.324 e. The molecule has 0 amide bonds. The van der Waals surface area contributed by atoms with Gasteiger partial charge in [-0.25, -0.2) is 9.37 Å².